The summed E-state index contributed by atoms with van der Waals surface area (Å²) in [6, 6.07) is 6.50. The van der Waals surface area contributed by atoms with Gasteiger partial charge in [0.05, 0.1) is 16.8 Å². The van der Waals surface area contributed by atoms with Crippen LogP contribution in [0.15, 0.2) is 42.7 Å². The Morgan fingerprint density at radius 3 is 2.58 bits per heavy atom. The zero-order chi connectivity index (χ0) is 26.4. The number of fused-ring (bicyclic) bond motifs is 1. The topological polar surface area (TPSA) is 94.5 Å². The van der Waals surface area contributed by atoms with E-state index in [1.807, 2.05) is 0 Å². The first-order chi connectivity index (χ1) is 16.9. The third-order valence-electron chi connectivity index (χ3n) is 5.60. The number of hydrogen-bond acceptors (Lipinski definition) is 5. The third-order valence-corrected chi connectivity index (χ3v) is 6.37. The quantitative estimate of drug-likeness (QED) is 0.344. The highest BCUT2D eigenvalue weighted by Crippen LogP contribution is 2.42. The number of rotatable bonds is 6. The Bertz CT molecular complexity index is 1470. The van der Waals surface area contributed by atoms with E-state index in [1.165, 1.54) is 30.3 Å². The first-order valence-electron chi connectivity index (χ1n) is 11.0. The number of nitrogens with one attached hydrogen (secondary N) is 1. The van der Waals surface area contributed by atoms with E-state index in [-0.39, 0.29) is 16.5 Å². The Labute approximate surface area is 215 Å². The van der Waals surface area contributed by atoms with Crippen LogP contribution in [0.25, 0.3) is 5.52 Å². The van der Waals surface area contributed by atoms with Crippen LogP contribution in [0, 0.1) is 18.6 Å². The van der Waals surface area contributed by atoms with Crippen molar-refractivity contribution in [3.8, 4) is 5.75 Å². The first kappa shape index (κ1) is 25.6. The minimum absolute atomic E-state index is 0.0135. The maximum atomic E-state index is 15.4. The second kappa shape index (κ2) is 9.51. The van der Waals surface area contributed by atoms with Crippen LogP contribution >= 0.6 is 11.6 Å². The number of carbonyl (C=O) groups is 1. The van der Waals surface area contributed by atoms with Gasteiger partial charge in [0.15, 0.2) is 5.82 Å². The summed E-state index contributed by atoms with van der Waals surface area (Å²) < 4.78 is 36.5. The van der Waals surface area contributed by atoms with Crippen molar-refractivity contribution in [2.75, 3.05) is 11.1 Å². The van der Waals surface area contributed by atoms with Crippen molar-refractivity contribution in [3.63, 3.8) is 0 Å². The van der Waals surface area contributed by atoms with E-state index in [9.17, 15) is 9.18 Å². The predicted molar refractivity (Wildman–Crippen MR) is 136 cm³/mol. The van der Waals surface area contributed by atoms with E-state index in [4.69, 9.17) is 22.1 Å². The van der Waals surface area contributed by atoms with Gasteiger partial charge in [0.25, 0.3) is 5.91 Å². The highest BCUT2D eigenvalue weighted by atomic mass is 35.5. The highest BCUT2D eigenvalue weighted by molar-refractivity contribution is 6.31. The summed E-state index contributed by atoms with van der Waals surface area (Å²) in [7, 11) is 3.80. The van der Waals surface area contributed by atoms with Gasteiger partial charge in [-0.3, -0.25) is 9.20 Å². The number of ether oxygens (including phenoxy) is 1. The molecule has 0 fully saturated rings. The summed E-state index contributed by atoms with van der Waals surface area (Å²) in [5.74, 6) is -1.45. The van der Waals surface area contributed by atoms with E-state index in [2.05, 4.69) is 25.5 Å². The molecule has 0 saturated carbocycles. The molecule has 0 unspecified atom stereocenters. The Kier molecular flexibility index (Phi) is 6.76. The number of hydrogen-bond donors (Lipinski definition) is 2. The van der Waals surface area contributed by atoms with Gasteiger partial charge in [-0.2, -0.15) is 0 Å². The first-order valence-corrected chi connectivity index (χ1v) is 11.9. The molecule has 1 atom stereocenters. The minimum atomic E-state index is -1.11. The molecule has 36 heavy (non-hydrogen) atoms. The Morgan fingerprint density at radius 2 is 1.94 bits per heavy atom. The van der Waals surface area contributed by atoms with Gasteiger partial charge < -0.3 is 15.8 Å². The molecule has 0 aliphatic carbocycles. The summed E-state index contributed by atoms with van der Waals surface area (Å²) in [4.78, 5) is 22.1. The molecule has 4 rings (SSSR count). The van der Waals surface area contributed by atoms with E-state index in [0.29, 0.717) is 28.4 Å². The number of halogens is 3. The van der Waals surface area contributed by atoms with Crippen molar-refractivity contribution in [1.29, 1.82) is 0 Å². The normalized spacial score (nSPS) is 13.1. The van der Waals surface area contributed by atoms with Gasteiger partial charge in [0.1, 0.15) is 34.3 Å². The summed E-state index contributed by atoms with van der Waals surface area (Å²) in [5, 5.41) is 1.18. The summed E-state index contributed by atoms with van der Waals surface area (Å²) in [5.41, 5.74) is 7.58. The van der Waals surface area contributed by atoms with Crippen molar-refractivity contribution in [1.82, 2.24) is 14.4 Å². The number of aryl methyl sites for hydroxylation is 1. The average molecular weight is 527 g/mol. The molecule has 0 bridgehead atoms. The zero-order valence-corrected chi connectivity index (χ0v) is 21.7. The maximum absolute atomic E-state index is 15.4. The number of nitrogen functional groups attached to an aromatic ring is 1. The smallest absolute Gasteiger partial charge is 0.262 e. The van der Waals surface area contributed by atoms with Gasteiger partial charge >= 0.3 is 0 Å². The minimum Gasteiger partial charge on any atom is -0.490 e. The Morgan fingerprint density at radius 1 is 1.28 bits per heavy atom. The molecule has 0 spiro atoms. The number of aromatic nitrogens is 3. The summed E-state index contributed by atoms with van der Waals surface area (Å²) in [6.45, 7) is 7.09. The van der Waals surface area contributed by atoms with Crippen molar-refractivity contribution < 1.29 is 18.3 Å². The molecule has 0 aliphatic rings. The van der Waals surface area contributed by atoms with Crippen molar-refractivity contribution in [2.45, 2.75) is 38.8 Å². The van der Waals surface area contributed by atoms with E-state index in [1.54, 1.807) is 44.5 Å². The van der Waals surface area contributed by atoms with Crippen molar-refractivity contribution in [2.24, 2.45) is 0 Å². The van der Waals surface area contributed by atoms with Crippen LogP contribution in [0.1, 0.15) is 48.2 Å². The largest absolute Gasteiger partial charge is 0.490 e. The van der Waals surface area contributed by atoms with Crippen LogP contribution in [0.4, 0.5) is 20.3 Å². The lowest BCUT2D eigenvalue weighted by atomic mass is 9.94. The van der Waals surface area contributed by atoms with Gasteiger partial charge in [0.2, 0.25) is 0 Å². The molecule has 3 N–H and O–H groups in total. The summed E-state index contributed by atoms with van der Waals surface area (Å²) in [6.07, 6.45) is 2.83. The van der Waals surface area contributed by atoms with Gasteiger partial charge in [-0.15, -0.1) is 0 Å². The molecular weight excluding hydrogens is 504 g/mol. The molecule has 0 saturated heterocycles. The van der Waals surface area contributed by atoms with E-state index >= 15 is 4.39 Å². The molecule has 4 aromatic rings. The molecule has 1 amide bonds. The number of anilines is 2. The molecule has 2 heterocycles. The second-order valence-electron chi connectivity index (χ2n) is 8.73. The molecule has 2 aromatic carbocycles. The third kappa shape index (κ3) is 4.53. The molecule has 3 radical (unpaired) electrons. The molecule has 7 nitrogen and oxygen atoms in total. The molecule has 2 aromatic heterocycles. The van der Waals surface area contributed by atoms with Gasteiger partial charge in [0, 0.05) is 38.9 Å². The molecule has 11 heteroatoms. The lowest BCUT2D eigenvalue weighted by Gasteiger charge is -2.29. The number of imidazole rings is 1. The predicted octanol–water partition coefficient (Wildman–Crippen LogP) is 5.02. The van der Waals surface area contributed by atoms with Gasteiger partial charge in [-0.05, 0) is 51.1 Å². The van der Waals surface area contributed by atoms with Crippen molar-refractivity contribution in [3.05, 3.63) is 82.0 Å². The van der Waals surface area contributed by atoms with Crippen LogP contribution in [-0.4, -0.2) is 36.6 Å². The molecule has 185 valence electrons. The van der Waals surface area contributed by atoms with Gasteiger partial charge in [-0.1, -0.05) is 18.5 Å². The number of carbonyl (C=O) groups excluding carboxylic acids is 1. The number of nitrogens with two attached hydrogens (primary N) is 1. The van der Waals surface area contributed by atoms with E-state index in [0.717, 1.165) is 0 Å². The Balaban J connectivity index is 1.93. The lowest BCUT2D eigenvalue weighted by molar-refractivity contribution is 0.101. The summed E-state index contributed by atoms with van der Waals surface area (Å²) >= 11 is 6.30. The number of amides is 1. The van der Waals surface area contributed by atoms with Crippen LogP contribution in [0.2, 0.25) is 5.02 Å². The van der Waals surface area contributed by atoms with Gasteiger partial charge in [-0.25, -0.2) is 18.7 Å². The van der Waals surface area contributed by atoms with Crippen LogP contribution in [-0.2, 0) is 5.04 Å². The lowest BCUT2D eigenvalue weighted by Crippen LogP contribution is -2.30. The molecule has 0 aliphatic heterocycles. The monoisotopic (exact) mass is 526 g/mol. The number of nitrogens with zero attached hydrogens (tertiary/aromatic N) is 3. The van der Waals surface area contributed by atoms with Crippen molar-refractivity contribution >= 4 is 44.8 Å². The number of benzene rings is 2. The zero-order valence-electron chi connectivity index (χ0n) is 20.0. The molecular formula is C25H23ClF2N5O2Si. The fourth-order valence-corrected chi connectivity index (χ4v) is 4.55. The Hall–Kier alpha value is -3.50. The highest BCUT2D eigenvalue weighted by Gasteiger charge is 2.37. The SMILES string of the molecule is Cc1nc([C@@](C)([Si])c2cc(Cl)c(F)c(C(=O)Nc3ccc(F)cc3)c2OC(C)C)n2ccnc(N)c12. The van der Waals surface area contributed by atoms with Crippen LogP contribution in [0.3, 0.4) is 0 Å². The maximum Gasteiger partial charge on any atom is 0.262 e. The average Bonchev–Trinajstić information content (AvgIpc) is 3.16. The fourth-order valence-electron chi connectivity index (χ4n) is 3.98. The van der Waals surface area contributed by atoms with E-state index < -0.39 is 34.2 Å². The standard InChI is InChI=1S/C25H23ClF2N5O2Si/c1-12(2)35-21-16(25(4,36)24-31-13(3)20-22(29)30-9-10-33(20)24)11-17(26)19(28)18(21)23(34)32-15-7-5-14(27)6-8-15/h5-12H,1-4H3,(H2,29,30)(H,32,34)/t25-/m0/s1. The van der Waals surface area contributed by atoms with Crippen LogP contribution < -0.4 is 15.8 Å². The second-order valence-corrected chi connectivity index (χ2v) is 10.1. The fraction of sp³-hybridized carbons (Fsp3) is 0.240. The van der Waals surface area contributed by atoms with Crippen LogP contribution in [0.5, 0.6) is 5.75 Å².